The Bertz CT molecular complexity index is 955. The largest absolute Gasteiger partial charge is 0.461 e. The minimum Gasteiger partial charge on any atom is -0.461 e. The molecule has 0 bridgehead atoms. The van der Waals surface area contributed by atoms with Gasteiger partial charge in [-0.1, -0.05) is 44.2 Å². The van der Waals surface area contributed by atoms with Crippen molar-refractivity contribution >= 4 is 30.3 Å². The van der Waals surface area contributed by atoms with Gasteiger partial charge in [-0.25, -0.2) is 14.6 Å². The smallest absolute Gasteiger partial charge is 0.408 e. The van der Waals surface area contributed by atoms with Crippen LogP contribution in [0.1, 0.15) is 19.4 Å². The molecule has 0 spiro atoms. The number of nitrogens with zero attached hydrogens (tertiary/aromatic N) is 3. The molecule has 4 atom stereocenters. The first-order valence-corrected chi connectivity index (χ1v) is 11.1. The maximum Gasteiger partial charge on any atom is 0.408 e. The lowest BCUT2D eigenvalue weighted by molar-refractivity contribution is -0.154. The Morgan fingerprint density at radius 3 is 2.69 bits per heavy atom. The fourth-order valence-corrected chi connectivity index (χ4v) is 3.32. The molecule has 13 nitrogen and oxygen atoms in total. The van der Waals surface area contributed by atoms with Crippen LogP contribution in [0.4, 0.5) is 4.79 Å². The Balaban J connectivity index is 1.45. The standard InChI is InChI=1S/C22H30N6O7/c1-13(2)16(25-22(32)34-9-14-6-4-3-5-7-14)20(31)33-10-15(8-29)35-12-28-11-24-17-18(28)26-21(23)27-19(17)30/h3-7,11,13,15-18,29H,8-10,12H2,1-2H3,(H,25,32)(H3,23,26,27,30)/t15?,16-,17?,18?/m0/s1. The number of guanidine groups is 1. The number of aliphatic hydroxyl groups excluding tert-OH is 1. The second-order valence-corrected chi connectivity index (χ2v) is 8.30. The number of aliphatic hydroxyl groups is 1. The molecule has 2 heterocycles. The molecule has 3 unspecified atom stereocenters. The molecule has 2 amide bonds. The minimum atomic E-state index is -0.956. The van der Waals surface area contributed by atoms with Gasteiger partial charge in [0, 0.05) is 0 Å². The van der Waals surface area contributed by atoms with Gasteiger partial charge in [0.15, 0.2) is 18.2 Å². The van der Waals surface area contributed by atoms with Crippen molar-refractivity contribution in [1.29, 1.82) is 0 Å². The van der Waals surface area contributed by atoms with Gasteiger partial charge < -0.3 is 35.3 Å². The Morgan fingerprint density at radius 1 is 1.26 bits per heavy atom. The van der Waals surface area contributed by atoms with E-state index in [-0.39, 0.29) is 37.7 Å². The van der Waals surface area contributed by atoms with Gasteiger partial charge in [-0.3, -0.25) is 15.1 Å². The molecule has 5 N–H and O–H groups in total. The van der Waals surface area contributed by atoms with Crippen LogP contribution in [0.15, 0.2) is 40.3 Å². The molecule has 0 saturated heterocycles. The normalized spacial score (nSPS) is 20.5. The highest BCUT2D eigenvalue weighted by molar-refractivity contribution is 6.02. The van der Waals surface area contributed by atoms with Crippen molar-refractivity contribution in [2.45, 2.75) is 44.8 Å². The van der Waals surface area contributed by atoms with Gasteiger partial charge in [-0.05, 0) is 11.5 Å². The second kappa shape index (κ2) is 12.1. The predicted octanol–water partition coefficient (Wildman–Crippen LogP) is -0.701. The molecule has 1 aromatic carbocycles. The van der Waals surface area contributed by atoms with Crippen LogP contribution < -0.4 is 16.4 Å². The molecule has 2 aliphatic rings. The second-order valence-electron chi connectivity index (χ2n) is 8.30. The van der Waals surface area contributed by atoms with Crippen LogP contribution in [-0.4, -0.2) is 84.6 Å². The average Bonchev–Trinajstić information content (AvgIpc) is 3.24. The third-order valence-electron chi connectivity index (χ3n) is 5.27. The average molecular weight is 491 g/mol. The molecule has 0 aliphatic carbocycles. The molecule has 0 aromatic heterocycles. The molecule has 1 aromatic rings. The lowest BCUT2D eigenvalue weighted by atomic mass is 10.1. The van der Waals surface area contributed by atoms with Crippen molar-refractivity contribution in [1.82, 2.24) is 15.5 Å². The van der Waals surface area contributed by atoms with Gasteiger partial charge >= 0.3 is 12.1 Å². The molecule has 0 radical (unpaired) electrons. The number of carbonyl (C=O) groups excluding carboxylic acids is 3. The van der Waals surface area contributed by atoms with E-state index in [2.05, 4.69) is 20.6 Å². The summed E-state index contributed by atoms with van der Waals surface area (Å²) in [6.45, 7) is 2.79. The van der Waals surface area contributed by atoms with Gasteiger partial charge in [0.2, 0.25) is 0 Å². The maximum absolute atomic E-state index is 12.6. The number of alkyl carbamates (subject to hydrolysis) is 1. The van der Waals surface area contributed by atoms with Crippen LogP contribution in [-0.2, 0) is 30.4 Å². The summed E-state index contributed by atoms with van der Waals surface area (Å²) in [5.41, 5.74) is 6.41. The molecule has 190 valence electrons. The van der Waals surface area contributed by atoms with E-state index in [4.69, 9.17) is 19.9 Å². The van der Waals surface area contributed by atoms with Gasteiger partial charge in [-0.2, -0.15) is 0 Å². The van der Waals surface area contributed by atoms with E-state index < -0.39 is 43.0 Å². The zero-order valence-corrected chi connectivity index (χ0v) is 19.5. The van der Waals surface area contributed by atoms with Crippen molar-refractivity contribution in [2.24, 2.45) is 21.6 Å². The van der Waals surface area contributed by atoms with Crippen LogP contribution in [0.3, 0.4) is 0 Å². The highest BCUT2D eigenvalue weighted by Gasteiger charge is 2.39. The van der Waals surface area contributed by atoms with E-state index in [9.17, 15) is 19.5 Å². The van der Waals surface area contributed by atoms with Gasteiger partial charge in [0.25, 0.3) is 5.91 Å². The Kier molecular flexibility index (Phi) is 8.98. The summed E-state index contributed by atoms with van der Waals surface area (Å²) >= 11 is 0. The van der Waals surface area contributed by atoms with E-state index in [1.165, 1.54) is 6.34 Å². The summed E-state index contributed by atoms with van der Waals surface area (Å²) in [4.78, 5) is 46.5. The number of amides is 2. The molecule has 13 heteroatoms. The summed E-state index contributed by atoms with van der Waals surface area (Å²) in [5, 5.41) is 14.5. The first kappa shape index (κ1) is 25.9. The lowest BCUT2D eigenvalue weighted by Gasteiger charge is -2.28. The fourth-order valence-electron chi connectivity index (χ4n) is 3.32. The van der Waals surface area contributed by atoms with Gasteiger partial charge in [0.1, 0.15) is 32.1 Å². The number of ether oxygens (including phenoxy) is 3. The highest BCUT2D eigenvalue weighted by atomic mass is 16.6. The van der Waals surface area contributed by atoms with Crippen LogP contribution in [0.25, 0.3) is 0 Å². The van der Waals surface area contributed by atoms with E-state index in [1.807, 2.05) is 30.3 Å². The minimum absolute atomic E-state index is 0.0195. The van der Waals surface area contributed by atoms with Crippen LogP contribution in [0, 0.1) is 5.92 Å². The molecular formula is C22H30N6O7. The fraction of sp³-hybridized carbons (Fsp3) is 0.500. The lowest BCUT2D eigenvalue weighted by Crippen LogP contribution is -2.54. The Labute approximate surface area is 202 Å². The van der Waals surface area contributed by atoms with Crippen molar-refractivity contribution in [3.63, 3.8) is 0 Å². The zero-order valence-electron chi connectivity index (χ0n) is 19.5. The number of nitrogens with two attached hydrogens (primary N) is 1. The van der Waals surface area contributed by atoms with E-state index >= 15 is 0 Å². The number of aliphatic imine (C=N–C) groups is 2. The molecule has 0 saturated carbocycles. The summed E-state index contributed by atoms with van der Waals surface area (Å²) in [5.74, 6) is -1.36. The number of fused-ring (bicyclic) bond motifs is 1. The SMILES string of the molecule is CC(C)[C@H](NC(=O)OCc1ccccc1)C(=O)OCC(CO)OCN1C=NC2C(=O)NC(N)=NC21. The van der Waals surface area contributed by atoms with Crippen LogP contribution in [0.5, 0.6) is 0 Å². The van der Waals surface area contributed by atoms with E-state index in [0.29, 0.717) is 0 Å². The van der Waals surface area contributed by atoms with Gasteiger partial charge in [-0.15, -0.1) is 0 Å². The Hall–Kier alpha value is -3.71. The first-order chi connectivity index (χ1) is 16.8. The van der Waals surface area contributed by atoms with Crippen molar-refractivity contribution in [3.8, 4) is 0 Å². The Morgan fingerprint density at radius 2 is 2.00 bits per heavy atom. The number of esters is 1. The molecule has 35 heavy (non-hydrogen) atoms. The van der Waals surface area contributed by atoms with Crippen molar-refractivity contribution < 1.29 is 33.7 Å². The number of carbonyl (C=O) groups is 3. The zero-order chi connectivity index (χ0) is 25.4. The van der Waals surface area contributed by atoms with Gasteiger partial charge in [0.05, 0.1) is 12.9 Å². The van der Waals surface area contributed by atoms with Crippen LogP contribution >= 0.6 is 0 Å². The molecule has 2 aliphatic heterocycles. The molecule has 3 rings (SSSR count). The number of hydrogen-bond acceptors (Lipinski definition) is 11. The van der Waals surface area contributed by atoms with Crippen LogP contribution in [0.2, 0.25) is 0 Å². The number of benzene rings is 1. The molecule has 0 fully saturated rings. The topological polar surface area (TPSA) is 177 Å². The third kappa shape index (κ3) is 7.13. The number of nitrogens with one attached hydrogen (secondary N) is 2. The summed E-state index contributed by atoms with van der Waals surface area (Å²) < 4.78 is 16.1. The number of hydrogen-bond donors (Lipinski definition) is 4. The first-order valence-electron chi connectivity index (χ1n) is 11.1. The van der Waals surface area contributed by atoms with E-state index in [1.54, 1.807) is 18.7 Å². The summed E-state index contributed by atoms with van der Waals surface area (Å²) in [6, 6.07) is 7.44. The van der Waals surface area contributed by atoms with Crippen molar-refractivity contribution in [2.75, 3.05) is 19.9 Å². The maximum atomic E-state index is 12.6. The quantitative estimate of drug-likeness (QED) is 0.292. The number of rotatable bonds is 11. The summed E-state index contributed by atoms with van der Waals surface area (Å²) in [7, 11) is 0. The third-order valence-corrected chi connectivity index (χ3v) is 5.27. The van der Waals surface area contributed by atoms with Crippen molar-refractivity contribution in [3.05, 3.63) is 35.9 Å². The predicted molar refractivity (Wildman–Crippen MR) is 124 cm³/mol. The highest BCUT2D eigenvalue weighted by Crippen LogP contribution is 2.18. The molecular weight excluding hydrogens is 460 g/mol. The monoisotopic (exact) mass is 490 g/mol. The summed E-state index contributed by atoms with van der Waals surface area (Å²) in [6.07, 6.45) is -0.847. The van der Waals surface area contributed by atoms with E-state index in [0.717, 1.165) is 5.56 Å².